The van der Waals surface area contributed by atoms with E-state index in [1.54, 1.807) is 0 Å². The van der Waals surface area contributed by atoms with E-state index < -0.39 is 0 Å². The number of carbonyl (C=O) groups excluding carboxylic acids is 1. The smallest absolute Gasteiger partial charge is 0.251 e. The summed E-state index contributed by atoms with van der Waals surface area (Å²) in [5.41, 5.74) is 3.78. The Balaban J connectivity index is 1.36. The lowest BCUT2D eigenvalue weighted by Gasteiger charge is -2.08. The third-order valence-electron chi connectivity index (χ3n) is 4.91. The van der Waals surface area contributed by atoms with Gasteiger partial charge in [-0.2, -0.15) is 0 Å². The molecule has 1 N–H and O–H groups in total. The van der Waals surface area contributed by atoms with Crippen LogP contribution in [0, 0.1) is 6.92 Å². The van der Waals surface area contributed by atoms with Crippen molar-refractivity contribution in [1.82, 2.24) is 19.4 Å². The highest BCUT2D eigenvalue weighted by molar-refractivity contribution is 5.97. The van der Waals surface area contributed by atoms with E-state index in [1.165, 1.54) is 10.9 Å². The predicted molar refractivity (Wildman–Crippen MR) is 104 cm³/mol. The third-order valence-corrected chi connectivity index (χ3v) is 4.91. The van der Waals surface area contributed by atoms with Gasteiger partial charge in [-0.1, -0.05) is 18.2 Å². The van der Waals surface area contributed by atoms with E-state index in [1.807, 2.05) is 42.8 Å². The molecule has 0 unspecified atom stereocenters. The quantitative estimate of drug-likeness (QED) is 0.561. The van der Waals surface area contributed by atoms with Gasteiger partial charge in [0, 0.05) is 37.4 Å². The highest BCUT2D eigenvalue weighted by atomic mass is 16.1. The maximum Gasteiger partial charge on any atom is 0.251 e. The van der Waals surface area contributed by atoms with Crippen LogP contribution in [0.5, 0.6) is 0 Å². The number of nitrogens with zero attached hydrogens (tertiary/aromatic N) is 3. The molecule has 2 heterocycles. The van der Waals surface area contributed by atoms with E-state index in [0.29, 0.717) is 12.1 Å². The summed E-state index contributed by atoms with van der Waals surface area (Å²) in [7, 11) is 1.98. The number of aromatic nitrogens is 3. The zero-order valence-corrected chi connectivity index (χ0v) is 15.1. The standard InChI is InChI=1S/C21H22N4O/c1-15-23-18-14-17(8-9-20(18)24(15)2)21(26)22-11-5-12-25-13-10-16-6-3-4-7-19(16)25/h3-4,6-10,13-14H,5,11-12H2,1-2H3,(H,22,26). The van der Waals surface area contributed by atoms with Crippen molar-refractivity contribution in [3.05, 3.63) is 66.1 Å². The summed E-state index contributed by atoms with van der Waals surface area (Å²) in [5, 5.41) is 4.25. The van der Waals surface area contributed by atoms with Crippen LogP contribution >= 0.6 is 0 Å². The van der Waals surface area contributed by atoms with Gasteiger partial charge in [0.1, 0.15) is 5.82 Å². The summed E-state index contributed by atoms with van der Waals surface area (Å²) in [6.07, 6.45) is 2.99. The Bertz CT molecular complexity index is 1090. The van der Waals surface area contributed by atoms with Crippen molar-refractivity contribution in [1.29, 1.82) is 0 Å². The van der Waals surface area contributed by atoms with Crippen LogP contribution in [-0.4, -0.2) is 26.6 Å². The summed E-state index contributed by atoms with van der Waals surface area (Å²) in [6.45, 7) is 3.49. The molecule has 0 spiro atoms. The number of amides is 1. The highest BCUT2D eigenvalue weighted by Gasteiger charge is 2.09. The molecule has 26 heavy (non-hydrogen) atoms. The zero-order chi connectivity index (χ0) is 18.1. The number of benzene rings is 2. The molecule has 2 aromatic heterocycles. The SMILES string of the molecule is Cc1nc2cc(C(=O)NCCCn3ccc4ccccc43)ccc2n1C. The summed E-state index contributed by atoms with van der Waals surface area (Å²) >= 11 is 0. The fourth-order valence-corrected chi connectivity index (χ4v) is 3.35. The van der Waals surface area contributed by atoms with E-state index in [9.17, 15) is 4.79 Å². The molecule has 132 valence electrons. The zero-order valence-electron chi connectivity index (χ0n) is 15.1. The Hall–Kier alpha value is -3.08. The summed E-state index contributed by atoms with van der Waals surface area (Å²) in [4.78, 5) is 16.9. The van der Waals surface area contributed by atoms with Crippen LogP contribution < -0.4 is 5.32 Å². The van der Waals surface area contributed by atoms with Crippen LogP contribution in [0.25, 0.3) is 21.9 Å². The first-order valence-corrected chi connectivity index (χ1v) is 8.88. The predicted octanol–water partition coefficient (Wildman–Crippen LogP) is 3.66. The molecule has 4 aromatic rings. The molecular formula is C21H22N4O. The maximum absolute atomic E-state index is 12.4. The van der Waals surface area contributed by atoms with Gasteiger partial charge in [0.05, 0.1) is 11.0 Å². The van der Waals surface area contributed by atoms with Crippen molar-refractivity contribution in [3.63, 3.8) is 0 Å². The van der Waals surface area contributed by atoms with Crippen molar-refractivity contribution >= 4 is 27.8 Å². The Kier molecular flexibility index (Phi) is 4.21. The van der Waals surface area contributed by atoms with Gasteiger partial charge in [-0.3, -0.25) is 4.79 Å². The topological polar surface area (TPSA) is 51.9 Å². The molecule has 0 aliphatic rings. The number of hydrogen-bond donors (Lipinski definition) is 1. The first-order chi connectivity index (χ1) is 12.6. The minimum absolute atomic E-state index is 0.0485. The molecule has 0 radical (unpaired) electrons. The summed E-state index contributed by atoms with van der Waals surface area (Å²) in [6, 6.07) is 16.1. The molecule has 0 saturated carbocycles. The molecule has 1 amide bonds. The molecule has 0 bridgehead atoms. The average Bonchev–Trinajstić information content (AvgIpc) is 3.19. The van der Waals surface area contributed by atoms with Crippen LogP contribution in [-0.2, 0) is 13.6 Å². The van der Waals surface area contributed by atoms with Crippen molar-refractivity contribution < 1.29 is 4.79 Å². The number of carbonyl (C=O) groups is 1. The lowest BCUT2D eigenvalue weighted by molar-refractivity contribution is 0.0953. The number of para-hydroxylation sites is 1. The van der Waals surface area contributed by atoms with E-state index in [2.05, 4.69) is 45.3 Å². The second-order valence-corrected chi connectivity index (χ2v) is 6.60. The van der Waals surface area contributed by atoms with Crippen molar-refractivity contribution in [2.75, 3.05) is 6.54 Å². The minimum atomic E-state index is -0.0485. The Morgan fingerprint density at radius 1 is 1.12 bits per heavy atom. The lowest BCUT2D eigenvalue weighted by atomic mass is 10.2. The van der Waals surface area contributed by atoms with Gasteiger partial charge in [0.25, 0.3) is 5.91 Å². The van der Waals surface area contributed by atoms with Crippen LogP contribution in [0.3, 0.4) is 0 Å². The minimum Gasteiger partial charge on any atom is -0.352 e. The Labute approximate surface area is 152 Å². The molecule has 0 aliphatic heterocycles. The Morgan fingerprint density at radius 2 is 1.96 bits per heavy atom. The van der Waals surface area contributed by atoms with Crippen molar-refractivity contribution in [2.24, 2.45) is 7.05 Å². The number of rotatable bonds is 5. The first-order valence-electron chi connectivity index (χ1n) is 8.88. The molecule has 0 atom stereocenters. The van der Waals surface area contributed by atoms with Gasteiger partial charge in [0.2, 0.25) is 0 Å². The van der Waals surface area contributed by atoms with E-state index in [4.69, 9.17) is 0 Å². The molecule has 0 saturated heterocycles. The number of aryl methyl sites for hydroxylation is 3. The largest absolute Gasteiger partial charge is 0.352 e. The Morgan fingerprint density at radius 3 is 2.85 bits per heavy atom. The molecule has 5 heteroatoms. The van der Waals surface area contributed by atoms with Gasteiger partial charge >= 0.3 is 0 Å². The van der Waals surface area contributed by atoms with Crippen molar-refractivity contribution in [2.45, 2.75) is 19.9 Å². The fraction of sp³-hybridized carbons (Fsp3) is 0.238. The van der Waals surface area contributed by atoms with Crippen LogP contribution in [0.15, 0.2) is 54.7 Å². The van der Waals surface area contributed by atoms with Gasteiger partial charge in [-0.25, -0.2) is 4.98 Å². The van der Waals surface area contributed by atoms with E-state index in [0.717, 1.165) is 29.8 Å². The average molecular weight is 346 g/mol. The van der Waals surface area contributed by atoms with Crippen LogP contribution in [0.2, 0.25) is 0 Å². The lowest BCUT2D eigenvalue weighted by Crippen LogP contribution is -2.25. The molecule has 4 rings (SSSR count). The fourth-order valence-electron chi connectivity index (χ4n) is 3.35. The van der Waals surface area contributed by atoms with Crippen molar-refractivity contribution in [3.8, 4) is 0 Å². The number of nitrogens with one attached hydrogen (secondary N) is 1. The second-order valence-electron chi connectivity index (χ2n) is 6.60. The molecule has 2 aromatic carbocycles. The molecular weight excluding hydrogens is 324 g/mol. The molecule has 5 nitrogen and oxygen atoms in total. The monoisotopic (exact) mass is 346 g/mol. The number of fused-ring (bicyclic) bond motifs is 2. The van der Waals surface area contributed by atoms with Gasteiger partial charge < -0.3 is 14.5 Å². The van der Waals surface area contributed by atoms with E-state index in [-0.39, 0.29) is 5.91 Å². The van der Waals surface area contributed by atoms with E-state index >= 15 is 0 Å². The van der Waals surface area contributed by atoms with Crippen LogP contribution in [0.1, 0.15) is 22.6 Å². The molecule has 0 fully saturated rings. The number of hydrogen-bond acceptors (Lipinski definition) is 2. The first kappa shape index (κ1) is 16.4. The number of imidazole rings is 1. The van der Waals surface area contributed by atoms with Gasteiger partial charge in [0.15, 0.2) is 0 Å². The van der Waals surface area contributed by atoms with Gasteiger partial charge in [-0.05, 0) is 49.1 Å². The highest BCUT2D eigenvalue weighted by Crippen LogP contribution is 2.17. The summed E-state index contributed by atoms with van der Waals surface area (Å²) in [5.74, 6) is 0.893. The van der Waals surface area contributed by atoms with Gasteiger partial charge in [-0.15, -0.1) is 0 Å². The molecule has 0 aliphatic carbocycles. The van der Waals surface area contributed by atoms with Crippen LogP contribution in [0.4, 0.5) is 0 Å². The third kappa shape index (κ3) is 2.96. The maximum atomic E-state index is 12.4. The second kappa shape index (κ2) is 6.67. The summed E-state index contributed by atoms with van der Waals surface area (Å²) < 4.78 is 4.25. The normalized spacial score (nSPS) is 11.3.